The number of hydrogen-bond acceptors (Lipinski definition) is 3. The van der Waals surface area contributed by atoms with E-state index in [1.54, 1.807) is 0 Å². The van der Waals surface area contributed by atoms with Crippen molar-refractivity contribution < 1.29 is 9.72 Å². The first-order valence-electron chi connectivity index (χ1n) is 3.84. The predicted octanol–water partition coefficient (Wildman–Crippen LogP) is 1.02. The minimum absolute atomic E-state index is 0.00231. The van der Waals surface area contributed by atoms with Crippen LogP contribution in [0, 0.1) is 16.0 Å². The third-order valence-corrected chi connectivity index (χ3v) is 2.27. The molecular formula is C7H11NO3. The van der Waals surface area contributed by atoms with E-state index in [-0.39, 0.29) is 5.92 Å². The largest absolute Gasteiger partial charge is 0.296 e. The van der Waals surface area contributed by atoms with Gasteiger partial charge in [0, 0.05) is 10.8 Å². The van der Waals surface area contributed by atoms with Gasteiger partial charge >= 0.3 is 0 Å². The van der Waals surface area contributed by atoms with Crippen molar-refractivity contribution in [1.29, 1.82) is 0 Å². The molecule has 1 fully saturated rings. The molecule has 4 heteroatoms. The fourth-order valence-corrected chi connectivity index (χ4v) is 1.63. The van der Waals surface area contributed by atoms with Gasteiger partial charge in [-0.2, -0.15) is 0 Å². The predicted molar refractivity (Wildman–Crippen MR) is 38.8 cm³/mol. The van der Waals surface area contributed by atoms with E-state index in [9.17, 15) is 14.9 Å². The number of carbonyl (C=O) groups excluding carboxylic acids is 1. The third-order valence-electron chi connectivity index (χ3n) is 2.27. The molecular weight excluding hydrogens is 146 g/mol. The van der Waals surface area contributed by atoms with Crippen LogP contribution in [0.5, 0.6) is 0 Å². The summed E-state index contributed by atoms with van der Waals surface area (Å²) in [5.74, 6) is 0.00231. The molecule has 0 amide bonds. The normalized spacial score (nSPS) is 21.5. The lowest BCUT2D eigenvalue weighted by Gasteiger charge is -2.08. The van der Waals surface area contributed by atoms with Crippen LogP contribution in [-0.2, 0) is 4.79 Å². The Kier molecular flexibility index (Phi) is 2.57. The number of hydrogen-bond donors (Lipinski definition) is 0. The molecule has 0 spiro atoms. The molecule has 62 valence electrons. The van der Waals surface area contributed by atoms with Crippen LogP contribution in [0.25, 0.3) is 0 Å². The summed E-state index contributed by atoms with van der Waals surface area (Å²) in [4.78, 5) is 20.1. The van der Waals surface area contributed by atoms with Gasteiger partial charge in [-0.3, -0.25) is 14.9 Å². The molecule has 0 aromatic rings. The minimum atomic E-state index is -0.947. The summed E-state index contributed by atoms with van der Waals surface area (Å²) < 4.78 is 0. The van der Waals surface area contributed by atoms with Gasteiger partial charge in [-0.15, -0.1) is 0 Å². The average molecular weight is 157 g/mol. The summed E-state index contributed by atoms with van der Waals surface area (Å²) in [7, 11) is 0. The van der Waals surface area contributed by atoms with Crippen LogP contribution in [0.3, 0.4) is 0 Å². The fraction of sp³-hybridized carbons (Fsp3) is 0.857. The summed E-state index contributed by atoms with van der Waals surface area (Å²) in [6.45, 7) is 0. The van der Waals surface area contributed by atoms with Gasteiger partial charge in [0.1, 0.15) is 0 Å². The summed E-state index contributed by atoms with van der Waals surface area (Å²) in [5, 5.41) is 10.3. The topological polar surface area (TPSA) is 60.2 Å². The van der Waals surface area contributed by atoms with Crippen LogP contribution in [0.2, 0.25) is 0 Å². The number of rotatable bonds is 3. The summed E-state index contributed by atoms with van der Waals surface area (Å²) in [5.41, 5.74) is 0. The maximum absolute atomic E-state index is 10.3. The monoisotopic (exact) mass is 157 g/mol. The smallest absolute Gasteiger partial charge is 0.270 e. The van der Waals surface area contributed by atoms with Crippen LogP contribution in [0.15, 0.2) is 0 Å². The van der Waals surface area contributed by atoms with Gasteiger partial charge in [0.15, 0.2) is 6.29 Å². The second-order valence-electron chi connectivity index (χ2n) is 2.96. The van der Waals surface area contributed by atoms with E-state index >= 15 is 0 Å². The van der Waals surface area contributed by atoms with Crippen LogP contribution in [0.1, 0.15) is 25.7 Å². The molecule has 1 aliphatic rings. The number of nitrogens with zero attached hydrogens (tertiary/aromatic N) is 1. The lowest BCUT2D eigenvalue weighted by Crippen LogP contribution is -2.28. The highest BCUT2D eigenvalue weighted by Gasteiger charge is 2.32. The molecule has 0 aromatic carbocycles. The fourth-order valence-electron chi connectivity index (χ4n) is 1.63. The lowest BCUT2D eigenvalue weighted by atomic mass is 10.0. The third kappa shape index (κ3) is 1.76. The number of aldehydes is 1. The zero-order valence-corrected chi connectivity index (χ0v) is 6.23. The van der Waals surface area contributed by atoms with Crippen molar-refractivity contribution in [2.75, 3.05) is 0 Å². The van der Waals surface area contributed by atoms with E-state index in [2.05, 4.69) is 0 Å². The summed E-state index contributed by atoms with van der Waals surface area (Å²) in [6.07, 6.45) is 4.20. The Morgan fingerprint density at radius 2 is 2.00 bits per heavy atom. The zero-order chi connectivity index (χ0) is 8.27. The molecule has 0 radical (unpaired) electrons. The van der Waals surface area contributed by atoms with Crippen LogP contribution in [-0.4, -0.2) is 17.3 Å². The van der Waals surface area contributed by atoms with Crippen molar-refractivity contribution in [2.24, 2.45) is 5.92 Å². The molecule has 11 heavy (non-hydrogen) atoms. The summed E-state index contributed by atoms with van der Waals surface area (Å²) in [6, 6.07) is -0.947. The van der Waals surface area contributed by atoms with Crippen molar-refractivity contribution in [3.8, 4) is 0 Å². The van der Waals surface area contributed by atoms with E-state index in [0.29, 0.717) is 6.29 Å². The second-order valence-corrected chi connectivity index (χ2v) is 2.96. The van der Waals surface area contributed by atoms with Gasteiger partial charge in [-0.1, -0.05) is 12.8 Å². The lowest BCUT2D eigenvalue weighted by molar-refractivity contribution is -0.514. The van der Waals surface area contributed by atoms with Gasteiger partial charge < -0.3 is 0 Å². The highest BCUT2D eigenvalue weighted by Crippen LogP contribution is 2.27. The van der Waals surface area contributed by atoms with Crippen molar-refractivity contribution in [2.45, 2.75) is 31.7 Å². The summed E-state index contributed by atoms with van der Waals surface area (Å²) >= 11 is 0. The van der Waals surface area contributed by atoms with E-state index in [1.807, 2.05) is 0 Å². The Hall–Kier alpha value is -0.930. The van der Waals surface area contributed by atoms with E-state index in [1.165, 1.54) is 0 Å². The average Bonchev–Trinajstić information content (AvgIpc) is 2.40. The Balaban J connectivity index is 2.53. The molecule has 1 saturated carbocycles. The Morgan fingerprint density at radius 1 is 1.45 bits per heavy atom. The first-order chi connectivity index (χ1) is 5.25. The van der Waals surface area contributed by atoms with E-state index in [4.69, 9.17) is 0 Å². The van der Waals surface area contributed by atoms with Gasteiger partial charge in [0.05, 0.1) is 0 Å². The van der Waals surface area contributed by atoms with Gasteiger partial charge in [0.25, 0.3) is 6.04 Å². The van der Waals surface area contributed by atoms with Crippen molar-refractivity contribution in [3.05, 3.63) is 10.1 Å². The molecule has 0 heterocycles. The van der Waals surface area contributed by atoms with E-state index in [0.717, 1.165) is 25.7 Å². The van der Waals surface area contributed by atoms with Crippen molar-refractivity contribution in [3.63, 3.8) is 0 Å². The first kappa shape index (κ1) is 8.17. The maximum atomic E-state index is 10.3. The maximum Gasteiger partial charge on any atom is 0.270 e. The molecule has 0 N–H and O–H groups in total. The molecule has 0 bridgehead atoms. The van der Waals surface area contributed by atoms with Crippen LogP contribution >= 0.6 is 0 Å². The second kappa shape index (κ2) is 3.46. The molecule has 4 nitrogen and oxygen atoms in total. The molecule has 0 saturated heterocycles. The quantitative estimate of drug-likeness (QED) is 0.349. The van der Waals surface area contributed by atoms with E-state index < -0.39 is 11.0 Å². The molecule has 1 atom stereocenters. The minimum Gasteiger partial charge on any atom is -0.296 e. The Morgan fingerprint density at radius 3 is 2.36 bits per heavy atom. The number of carbonyl (C=O) groups is 1. The van der Waals surface area contributed by atoms with Crippen LogP contribution in [0.4, 0.5) is 0 Å². The van der Waals surface area contributed by atoms with Gasteiger partial charge in [-0.05, 0) is 12.8 Å². The van der Waals surface area contributed by atoms with Gasteiger partial charge in [-0.25, -0.2) is 0 Å². The molecule has 0 aliphatic heterocycles. The molecule has 1 aliphatic carbocycles. The molecule has 1 rings (SSSR count). The van der Waals surface area contributed by atoms with Crippen LogP contribution < -0.4 is 0 Å². The molecule has 0 aromatic heterocycles. The SMILES string of the molecule is O=CC(C1CCCC1)[N+](=O)[O-]. The highest BCUT2D eigenvalue weighted by molar-refractivity contribution is 5.56. The molecule has 1 unspecified atom stereocenters. The Labute approximate surface area is 64.7 Å². The zero-order valence-electron chi connectivity index (χ0n) is 6.23. The highest BCUT2D eigenvalue weighted by atomic mass is 16.6. The van der Waals surface area contributed by atoms with Crippen molar-refractivity contribution >= 4 is 6.29 Å². The Bertz CT molecular complexity index is 163. The first-order valence-corrected chi connectivity index (χ1v) is 3.84. The van der Waals surface area contributed by atoms with Gasteiger partial charge in [0.2, 0.25) is 0 Å². The number of nitro groups is 1. The standard InChI is InChI=1S/C7H11NO3/c9-5-7(8(10)11)6-3-1-2-4-6/h5-7H,1-4H2. The van der Waals surface area contributed by atoms with Crippen molar-refractivity contribution in [1.82, 2.24) is 0 Å².